The Morgan fingerprint density at radius 2 is 2.00 bits per heavy atom. The predicted molar refractivity (Wildman–Crippen MR) is 79.4 cm³/mol. The van der Waals surface area contributed by atoms with Crippen LogP contribution in [0.2, 0.25) is 0 Å². The fourth-order valence-electron chi connectivity index (χ4n) is 1.77. The van der Waals surface area contributed by atoms with Gasteiger partial charge in [0, 0.05) is 11.4 Å². The smallest absolute Gasteiger partial charge is 0.323 e. The Morgan fingerprint density at radius 1 is 1.20 bits per heavy atom. The zero-order chi connectivity index (χ0) is 14.5. The Bertz CT molecular complexity index is 689. The first-order valence-corrected chi connectivity index (χ1v) is 6.03. The molecule has 0 unspecified atom stereocenters. The van der Waals surface area contributed by atoms with Crippen molar-refractivity contribution >= 4 is 23.1 Å². The Labute approximate surface area is 117 Å². The second-order valence-corrected chi connectivity index (χ2v) is 4.37. The summed E-state index contributed by atoms with van der Waals surface area (Å²) in [6.07, 6.45) is 0. The molecule has 0 aliphatic carbocycles. The van der Waals surface area contributed by atoms with Gasteiger partial charge in [0.05, 0.1) is 11.3 Å². The zero-order valence-electron chi connectivity index (χ0n) is 11.0. The topological polar surface area (TPSA) is 90.9 Å². The average molecular weight is 266 g/mol. The number of benzene rings is 2. The van der Waals surface area contributed by atoms with Crippen molar-refractivity contribution in [2.45, 2.75) is 6.92 Å². The molecule has 0 atom stereocenters. The monoisotopic (exact) mass is 266 g/mol. The third kappa shape index (κ3) is 3.27. The van der Waals surface area contributed by atoms with E-state index < -0.39 is 6.03 Å². The molecule has 100 valence electrons. The predicted octanol–water partition coefficient (Wildman–Crippen LogP) is 3.09. The number of hydrogen-bond donors (Lipinski definition) is 3. The van der Waals surface area contributed by atoms with Gasteiger partial charge in [-0.1, -0.05) is 12.1 Å². The van der Waals surface area contributed by atoms with Gasteiger partial charge in [-0.15, -0.1) is 0 Å². The number of carbonyl (C=O) groups excluding carboxylic acids is 1. The first kappa shape index (κ1) is 13.4. The molecule has 2 aromatic rings. The largest absolute Gasteiger partial charge is 0.399 e. The number of anilines is 3. The minimum absolute atomic E-state index is 0.324. The molecular formula is C15H14N4O. The van der Waals surface area contributed by atoms with Crippen LogP contribution in [-0.2, 0) is 0 Å². The molecule has 5 nitrogen and oxygen atoms in total. The third-order valence-electron chi connectivity index (χ3n) is 2.69. The van der Waals surface area contributed by atoms with Crippen molar-refractivity contribution in [3.8, 4) is 6.07 Å². The number of nitrogens with zero attached hydrogens (tertiary/aromatic N) is 1. The number of hydrogen-bond acceptors (Lipinski definition) is 3. The number of carbonyl (C=O) groups is 1. The molecular weight excluding hydrogens is 252 g/mol. The van der Waals surface area contributed by atoms with Crippen molar-refractivity contribution in [2.24, 2.45) is 0 Å². The highest BCUT2D eigenvalue weighted by molar-refractivity contribution is 6.00. The van der Waals surface area contributed by atoms with E-state index in [9.17, 15) is 4.79 Å². The van der Waals surface area contributed by atoms with Gasteiger partial charge in [0.15, 0.2) is 0 Å². The summed E-state index contributed by atoms with van der Waals surface area (Å²) in [5.41, 5.74) is 8.56. The lowest BCUT2D eigenvalue weighted by molar-refractivity contribution is 0.262. The first-order chi connectivity index (χ1) is 9.58. The molecule has 0 fully saturated rings. The molecule has 2 amide bonds. The second-order valence-electron chi connectivity index (χ2n) is 4.37. The summed E-state index contributed by atoms with van der Waals surface area (Å²) in [5, 5.41) is 14.3. The van der Waals surface area contributed by atoms with Gasteiger partial charge in [-0.25, -0.2) is 4.79 Å². The van der Waals surface area contributed by atoms with Crippen LogP contribution < -0.4 is 16.4 Å². The lowest BCUT2D eigenvalue weighted by Crippen LogP contribution is -2.20. The van der Waals surface area contributed by atoms with Crippen molar-refractivity contribution < 1.29 is 4.79 Å². The SMILES string of the molecule is Cc1cccc(NC(=O)Nc2ccc(N)cc2C#N)c1. The molecule has 2 rings (SSSR count). The number of nitrogens with one attached hydrogen (secondary N) is 2. The van der Waals surface area contributed by atoms with Gasteiger partial charge in [0.25, 0.3) is 0 Å². The van der Waals surface area contributed by atoms with Crippen LogP contribution in [0.4, 0.5) is 21.9 Å². The number of nitrogens with two attached hydrogens (primary N) is 1. The van der Waals surface area contributed by atoms with Crippen LogP contribution in [0, 0.1) is 18.3 Å². The molecule has 0 spiro atoms. The van der Waals surface area contributed by atoms with Crippen LogP contribution in [-0.4, -0.2) is 6.03 Å². The van der Waals surface area contributed by atoms with Crippen molar-refractivity contribution in [3.63, 3.8) is 0 Å². The minimum Gasteiger partial charge on any atom is -0.399 e. The maximum atomic E-state index is 11.9. The summed E-state index contributed by atoms with van der Waals surface area (Å²) in [4.78, 5) is 11.9. The molecule has 0 aromatic heterocycles. The molecule has 0 aliphatic heterocycles. The standard InChI is InChI=1S/C15H14N4O/c1-10-3-2-4-13(7-10)18-15(20)19-14-6-5-12(17)8-11(14)9-16/h2-8H,17H2,1H3,(H2,18,19,20). The van der Waals surface area contributed by atoms with E-state index in [2.05, 4.69) is 10.6 Å². The molecule has 4 N–H and O–H groups in total. The summed E-state index contributed by atoms with van der Waals surface area (Å²) in [5.74, 6) is 0. The summed E-state index contributed by atoms with van der Waals surface area (Å²) in [7, 11) is 0. The van der Waals surface area contributed by atoms with E-state index in [1.54, 1.807) is 18.2 Å². The van der Waals surface area contributed by atoms with Gasteiger partial charge in [-0.05, 0) is 42.8 Å². The Morgan fingerprint density at radius 3 is 2.70 bits per heavy atom. The molecule has 0 saturated heterocycles. The van der Waals surface area contributed by atoms with Crippen molar-refractivity contribution in [1.29, 1.82) is 5.26 Å². The molecule has 5 heteroatoms. The Hall–Kier alpha value is -3.00. The average Bonchev–Trinajstić information content (AvgIpc) is 2.40. The summed E-state index contributed by atoms with van der Waals surface area (Å²) in [6, 6.07) is 13.8. The van der Waals surface area contributed by atoms with E-state index >= 15 is 0 Å². The number of amides is 2. The highest BCUT2D eigenvalue weighted by Gasteiger charge is 2.07. The maximum absolute atomic E-state index is 11.9. The molecule has 0 radical (unpaired) electrons. The van der Waals surface area contributed by atoms with Crippen molar-refractivity contribution in [3.05, 3.63) is 53.6 Å². The molecule has 0 aliphatic rings. The number of urea groups is 1. The maximum Gasteiger partial charge on any atom is 0.323 e. The van der Waals surface area contributed by atoms with Gasteiger partial charge in [-0.2, -0.15) is 5.26 Å². The first-order valence-electron chi connectivity index (χ1n) is 6.03. The lowest BCUT2D eigenvalue weighted by Gasteiger charge is -2.09. The van der Waals surface area contributed by atoms with Gasteiger partial charge in [0.2, 0.25) is 0 Å². The van der Waals surface area contributed by atoms with Crippen molar-refractivity contribution in [1.82, 2.24) is 0 Å². The minimum atomic E-state index is -0.406. The van der Waals surface area contributed by atoms with Crippen LogP contribution in [0.3, 0.4) is 0 Å². The molecule has 2 aromatic carbocycles. The Kier molecular flexibility index (Phi) is 3.87. The Balaban J connectivity index is 2.11. The van der Waals surface area contributed by atoms with E-state index in [4.69, 9.17) is 11.0 Å². The van der Waals surface area contributed by atoms with E-state index in [1.807, 2.05) is 31.2 Å². The number of rotatable bonds is 2. The number of nitrogen functional groups attached to an aromatic ring is 1. The summed E-state index contributed by atoms with van der Waals surface area (Å²) < 4.78 is 0. The summed E-state index contributed by atoms with van der Waals surface area (Å²) in [6.45, 7) is 1.94. The van der Waals surface area contributed by atoms with E-state index in [0.717, 1.165) is 5.56 Å². The third-order valence-corrected chi connectivity index (χ3v) is 2.69. The van der Waals surface area contributed by atoms with Gasteiger partial charge in [-0.3, -0.25) is 0 Å². The van der Waals surface area contributed by atoms with Crippen LogP contribution in [0.5, 0.6) is 0 Å². The quantitative estimate of drug-likeness (QED) is 0.729. The number of nitriles is 1. The highest BCUT2D eigenvalue weighted by Crippen LogP contribution is 2.18. The molecule has 0 heterocycles. The second kappa shape index (κ2) is 5.76. The molecule has 20 heavy (non-hydrogen) atoms. The fourth-order valence-corrected chi connectivity index (χ4v) is 1.77. The van der Waals surface area contributed by atoms with E-state index in [-0.39, 0.29) is 0 Å². The van der Waals surface area contributed by atoms with Crippen LogP contribution in [0.1, 0.15) is 11.1 Å². The zero-order valence-corrected chi connectivity index (χ0v) is 11.0. The highest BCUT2D eigenvalue weighted by atomic mass is 16.2. The van der Waals surface area contributed by atoms with Gasteiger partial charge in [0.1, 0.15) is 6.07 Å². The lowest BCUT2D eigenvalue weighted by atomic mass is 10.2. The van der Waals surface area contributed by atoms with E-state index in [1.165, 1.54) is 6.07 Å². The number of aryl methyl sites for hydroxylation is 1. The van der Waals surface area contributed by atoms with Crippen molar-refractivity contribution in [2.75, 3.05) is 16.4 Å². The summed E-state index contributed by atoms with van der Waals surface area (Å²) >= 11 is 0. The molecule has 0 bridgehead atoms. The van der Waals surface area contributed by atoms with Gasteiger partial charge >= 0.3 is 6.03 Å². The van der Waals surface area contributed by atoms with Gasteiger partial charge < -0.3 is 16.4 Å². The fraction of sp³-hybridized carbons (Fsp3) is 0.0667. The molecule has 0 saturated carbocycles. The van der Waals surface area contributed by atoms with Crippen LogP contribution >= 0.6 is 0 Å². The van der Waals surface area contributed by atoms with Crippen LogP contribution in [0.15, 0.2) is 42.5 Å². The normalized spacial score (nSPS) is 9.60. The van der Waals surface area contributed by atoms with E-state index in [0.29, 0.717) is 22.6 Å². The van der Waals surface area contributed by atoms with Crippen LogP contribution in [0.25, 0.3) is 0 Å².